The van der Waals surface area contributed by atoms with Gasteiger partial charge in [0.1, 0.15) is 13.1 Å². The summed E-state index contributed by atoms with van der Waals surface area (Å²) in [5, 5.41) is 1.98. The maximum Gasteiger partial charge on any atom is 0.405 e. The number of rotatable bonds is 4. The predicted octanol–water partition coefficient (Wildman–Crippen LogP) is 1.70. The maximum absolute atomic E-state index is 12.0. The lowest BCUT2D eigenvalue weighted by Gasteiger charge is -2.19. The van der Waals surface area contributed by atoms with Crippen molar-refractivity contribution in [3.8, 4) is 0 Å². The van der Waals surface area contributed by atoms with E-state index in [1.54, 1.807) is 26.1 Å². The summed E-state index contributed by atoms with van der Waals surface area (Å²) in [6.07, 6.45) is -3.26. The number of halogens is 3. The quantitative estimate of drug-likeness (QED) is 0.793. The minimum atomic E-state index is -4.51. The molecular weight excluding hydrogens is 321 g/mol. The molecule has 0 aromatic heterocycles. The zero-order valence-corrected chi connectivity index (χ0v) is 13.2. The largest absolute Gasteiger partial charge is 0.405 e. The number of carbonyl (C=O) groups is 3. The third-order valence-electron chi connectivity index (χ3n) is 2.69. The Kier molecular flexibility index (Phi) is 5.66. The molecule has 1 N–H and O–H groups in total. The van der Waals surface area contributed by atoms with Crippen molar-refractivity contribution in [3.05, 3.63) is 11.1 Å². The van der Waals surface area contributed by atoms with Crippen molar-refractivity contribution in [2.45, 2.75) is 26.9 Å². The third kappa shape index (κ3) is 5.70. The fourth-order valence-electron chi connectivity index (χ4n) is 1.43. The molecule has 0 aromatic carbocycles. The molecule has 0 unspecified atom stereocenters. The van der Waals surface area contributed by atoms with Gasteiger partial charge in [-0.2, -0.15) is 13.2 Å². The summed E-state index contributed by atoms with van der Waals surface area (Å²) in [6, 6.07) is 0. The molecule has 5 nitrogen and oxygen atoms in total. The molecule has 0 spiro atoms. The molecule has 0 aliphatic carbocycles. The van der Waals surface area contributed by atoms with Crippen LogP contribution in [0.2, 0.25) is 0 Å². The van der Waals surface area contributed by atoms with Crippen molar-refractivity contribution in [2.24, 2.45) is 5.41 Å². The Bertz CT molecular complexity index is 510. The summed E-state index contributed by atoms with van der Waals surface area (Å²) >= 11 is 1.08. The molecule has 1 aliphatic heterocycles. The molecular formula is C13H17F3N2O3S. The number of carbonyl (C=O) groups excluding carboxylic acids is 3. The van der Waals surface area contributed by atoms with Gasteiger partial charge in [0.05, 0.1) is 10.8 Å². The van der Waals surface area contributed by atoms with Crippen molar-refractivity contribution >= 4 is 29.4 Å². The van der Waals surface area contributed by atoms with E-state index in [1.165, 1.54) is 6.08 Å². The van der Waals surface area contributed by atoms with E-state index >= 15 is 0 Å². The van der Waals surface area contributed by atoms with Gasteiger partial charge in [-0.3, -0.25) is 19.3 Å². The number of amides is 2. The van der Waals surface area contributed by atoms with Gasteiger partial charge in [-0.15, -0.1) is 0 Å². The predicted molar refractivity (Wildman–Crippen MR) is 75.8 cm³/mol. The fraction of sp³-hybridized carbons (Fsp3) is 0.615. The van der Waals surface area contributed by atoms with Crippen molar-refractivity contribution in [1.82, 2.24) is 10.2 Å². The number of allylic oxidation sites excluding steroid dienone is 1. The number of alkyl halides is 3. The highest BCUT2D eigenvalue weighted by molar-refractivity contribution is 8.04. The summed E-state index contributed by atoms with van der Waals surface area (Å²) in [7, 11) is 0. The van der Waals surface area contributed by atoms with Gasteiger partial charge < -0.3 is 5.32 Å². The van der Waals surface area contributed by atoms with E-state index < -0.39 is 36.5 Å². The average molecular weight is 338 g/mol. The molecule has 0 aromatic rings. The molecule has 1 heterocycles. The first-order valence-electron chi connectivity index (χ1n) is 6.43. The SMILES string of the molecule is CC(C)(C)C(=O)C=C1SCC(=O)N1CC(=O)NCC(F)(F)F. The van der Waals surface area contributed by atoms with Crippen LogP contribution in [0.5, 0.6) is 0 Å². The standard InChI is InChI=1S/C13H17F3N2O3S/c1-12(2,3)8(19)4-11-18(10(21)6-22-11)5-9(20)17-7-13(14,15)16/h4H,5-7H2,1-3H3,(H,17,20). The minimum absolute atomic E-state index is 0.0514. The van der Waals surface area contributed by atoms with Gasteiger partial charge >= 0.3 is 6.18 Å². The fourth-order valence-corrected chi connectivity index (χ4v) is 2.37. The van der Waals surface area contributed by atoms with Crippen molar-refractivity contribution < 1.29 is 27.6 Å². The molecule has 1 aliphatic rings. The Hall–Kier alpha value is -1.51. The number of ketones is 1. The summed E-state index contributed by atoms with van der Waals surface area (Å²) in [5.74, 6) is -1.52. The van der Waals surface area contributed by atoms with Gasteiger partial charge in [0, 0.05) is 11.5 Å². The van der Waals surface area contributed by atoms with Crippen LogP contribution < -0.4 is 5.32 Å². The van der Waals surface area contributed by atoms with E-state index in [9.17, 15) is 27.6 Å². The van der Waals surface area contributed by atoms with Crippen LogP contribution in [0, 0.1) is 5.41 Å². The van der Waals surface area contributed by atoms with Crippen LogP contribution in [0.25, 0.3) is 0 Å². The molecule has 2 amide bonds. The van der Waals surface area contributed by atoms with Gasteiger partial charge in [0.2, 0.25) is 11.8 Å². The van der Waals surface area contributed by atoms with E-state index in [2.05, 4.69) is 0 Å². The highest BCUT2D eigenvalue weighted by Crippen LogP contribution is 2.30. The number of nitrogens with one attached hydrogen (secondary N) is 1. The van der Waals surface area contributed by atoms with Crippen LogP contribution in [-0.2, 0) is 14.4 Å². The van der Waals surface area contributed by atoms with E-state index in [1.807, 2.05) is 0 Å². The molecule has 0 bridgehead atoms. The second-order valence-corrected chi connectivity index (χ2v) is 6.75. The van der Waals surface area contributed by atoms with E-state index in [0.29, 0.717) is 0 Å². The normalized spacial score (nSPS) is 18.0. The summed E-state index contributed by atoms with van der Waals surface area (Å²) in [4.78, 5) is 36.2. The topological polar surface area (TPSA) is 66.5 Å². The third-order valence-corrected chi connectivity index (χ3v) is 3.72. The highest BCUT2D eigenvalue weighted by atomic mass is 32.2. The number of nitrogens with zero attached hydrogens (tertiary/aromatic N) is 1. The summed E-state index contributed by atoms with van der Waals surface area (Å²) < 4.78 is 36.1. The van der Waals surface area contributed by atoms with Crippen LogP contribution >= 0.6 is 11.8 Å². The Labute approximate surface area is 130 Å². The first-order chi connectivity index (χ1) is 9.90. The zero-order valence-electron chi connectivity index (χ0n) is 12.4. The molecule has 0 radical (unpaired) electrons. The lowest BCUT2D eigenvalue weighted by molar-refractivity contribution is -0.140. The van der Waals surface area contributed by atoms with E-state index in [-0.39, 0.29) is 16.6 Å². The molecule has 0 atom stereocenters. The van der Waals surface area contributed by atoms with Crippen molar-refractivity contribution in [2.75, 3.05) is 18.8 Å². The lowest BCUT2D eigenvalue weighted by atomic mass is 9.91. The molecule has 1 saturated heterocycles. The van der Waals surface area contributed by atoms with Gasteiger partial charge in [-0.1, -0.05) is 32.5 Å². The zero-order chi connectivity index (χ0) is 17.1. The Morgan fingerprint density at radius 3 is 2.41 bits per heavy atom. The molecule has 1 rings (SSSR count). The molecule has 22 heavy (non-hydrogen) atoms. The van der Waals surface area contributed by atoms with Gasteiger partial charge in [0.15, 0.2) is 5.78 Å². The first-order valence-corrected chi connectivity index (χ1v) is 7.41. The van der Waals surface area contributed by atoms with E-state index in [4.69, 9.17) is 0 Å². The Morgan fingerprint density at radius 2 is 1.91 bits per heavy atom. The molecule has 9 heteroatoms. The van der Waals surface area contributed by atoms with Crippen molar-refractivity contribution in [3.63, 3.8) is 0 Å². The minimum Gasteiger partial charge on any atom is -0.345 e. The van der Waals surface area contributed by atoms with E-state index in [0.717, 1.165) is 16.7 Å². The smallest absolute Gasteiger partial charge is 0.345 e. The van der Waals surface area contributed by atoms with Gasteiger partial charge in [-0.25, -0.2) is 0 Å². The van der Waals surface area contributed by atoms with Crippen LogP contribution in [0.1, 0.15) is 20.8 Å². The first kappa shape index (κ1) is 18.5. The Balaban J connectivity index is 2.74. The van der Waals surface area contributed by atoms with Crippen molar-refractivity contribution in [1.29, 1.82) is 0 Å². The van der Waals surface area contributed by atoms with Gasteiger partial charge in [0.25, 0.3) is 0 Å². The maximum atomic E-state index is 12.0. The number of hydrogen-bond donors (Lipinski definition) is 1. The summed E-state index contributed by atoms with van der Waals surface area (Å²) in [5.41, 5.74) is -0.649. The number of hydrogen-bond acceptors (Lipinski definition) is 4. The van der Waals surface area contributed by atoms with Crippen LogP contribution in [-0.4, -0.2) is 47.5 Å². The second-order valence-electron chi connectivity index (χ2n) is 5.76. The van der Waals surface area contributed by atoms with Crippen LogP contribution in [0.15, 0.2) is 11.1 Å². The number of thioether (sulfide) groups is 1. The molecule has 1 fully saturated rings. The molecule has 0 saturated carbocycles. The second kappa shape index (κ2) is 6.72. The summed E-state index contributed by atoms with van der Waals surface area (Å²) in [6.45, 7) is 3.11. The van der Waals surface area contributed by atoms with Crippen LogP contribution in [0.4, 0.5) is 13.2 Å². The molecule has 124 valence electrons. The monoisotopic (exact) mass is 338 g/mol. The highest BCUT2D eigenvalue weighted by Gasteiger charge is 2.32. The lowest BCUT2D eigenvalue weighted by Crippen LogP contribution is -2.41. The van der Waals surface area contributed by atoms with Crippen LogP contribution in [0.3, 0.4) is 0 Å². The van der Waals surface area contributed by atoms with Gasteiger partial charge in [-0.05, 0) is 0 Å². The average Bonchev–Trinajstić information content (AvgIpc) is 2.67. The Morgan fingerprint density at radius 1 is 1.32 bits per heavy atom.